The molecule has 1 aliphatic rings. The molecular formula is C22H25F3N6O3. The van der Waals surface area contributed by atoms with E-state index in [1.807, 2.05) is 6.92 Å². The molecule has 3 aromatic heterocycles. The summed E-state index contributed by atoms with van der Waals surface area (Å²) in [7, 11) is 1.27. The molecule has 1 fully saturated rings. The van der Waals surface area contributed by atoms with Gasteiger partial charge in [0.15, 0.2) is 11.4 Å². The fraction of sp³-hybridized carbons (Fsp3) is 0.455. The third-order valence-electron chi connectivity index (χ3n) is 5.90. The van der Waals surface area contributed by atoms with Crippen LogP contribution in [-0.2, 0) is 17.5 Å². The molecule has 0 radical (unpaired) electrons. The van der Waals surface area contributed by atoms with Crippen molar-refractivity contribution < 1.29 is 27.5 Å². The van der Waals surface area contributed by atoms with Gasteiger partial charge in [0, 0.05) is 30.9 Å². The number of pyridine rings is 1. The number of rotatable bonds is 6. The van der Waals surface area contributed by atoms with Gasteiger partial charge in [0.1, 0.15) is 17.2 Å². The molecule has 4 rings (SSSR count). The molecule has 0 unspecified atom stereocenters. The molecule has 2 N–H and O–H groups in total. The molecule has 12 heteroatoms. The second-order valence-electron chi connectivity index (χ2n) is 8.15. The van der Waals surface area contributed by atoms with Gasteiger partial charge in [-0.05, 0) is 44.7 Å². The van der Waals surface area contributed by atoms with Gasteiger partial charge in [-0.3, -0.25) is 13.9 Å². The summed E-state index contributed by atoms with van der Waals surface area (Å²) in [6.07, 6.45) is -0.700. The largest absolute Gasteiger partial charge is 0.464 e. The molecule has 3 heterocycles. The SMILES string of the molecule is CCn1nc(C(=O)N[C@H]2CC[C@@H](Nc3cccc4nc(C(F)(F)F)cn34)CC2)cc1C(=O)OC. The van der Waals surface area contributed by atoms with E-state index in [4.69, 9.17) is 4.74 Å². The molecule has 0 aliphatic heterocycles. The number of methoxy groups -OCH3 is 1. The van der Waals surface area contributed by atoms with E-state index in [0.29, 0.717) is 25.2 Å². The molecule has 0 spiro atoms. The molecule has 0 saturated heterocycles. The van der Waals surface area contributed by atoms with Crippen LogP contribution in [0, 0.1) is 0 Å². The van der Waals surface area contributed by atoms with Gasteiger partial charge in [-0.2, -0.15) is 18.3 Å². The van der Waals surface area contributed by atoms with Crippen LogP contribution in [0.25, 0.3) is 5.65 Å². The van der Waals surface area contributed by atoms with Crippen molar-refractivity contribution in [2.45, 2.75) is 57.4 Å². The van der Waals surface area contributed by atoms with E-state index < -0.39 is 17.8 Å². The van der Waals surface area contributed by atoms with Crippen LogP contribution < -0.4 is 10.6 Å². The van der Waals surface area contributed by atoms with Crippen molar-refractivity contribution >= 4 is 23.3 Å². The fourth-order valence-corrected chi connectivity index (χ4v) is 4.15. The average Bonchev–Trinajstić information content (AvgIpc) is 3.45. The van der Waals surface area contributed by atoms with Crippen LogP contribution in [0.15, 0.2) is 30.5 Å². The molecule has 0 atom stereocenters. The number of halogens is 3. The second kappa shape index (κ2) is 9.35. The van der Waals surface area contributed by atoms with Gasteiger partial charge in [-0.25, -0.2) is 9.78 Å². The van der Waals surface area contributed by atoms with Crippen LogP contribution in [0.2, 0.25) is 0 Å². The lowest BCUT2D eigenvalue weighted by Crippen LogP contribution is -2.40. The third-order valence-corrected chi connectivity index (χ3v) is 5.90. The maximum atomic E-state index is 13.0. The lowest BCUT2D eigenvalue weighted by Gasteiger charge is -2.30. The van der Waals surface area contributed by atoms with E-state index >= 15 is 0 Å². The van der Waals surface area contributed by atoms with Crippen molar-refractivity contribution in [3.8, 4) is 0 Å². The molecule has 182 valence electrons. The summed E-state index contributed by atoms with van der Waals surface area (Å²) in [4.78, 5) is 28.2. The quantitative estimate of drug-likeness (QED) is 0.526. The minimum absolute atomic E-state index is 0.0423. The summed E-state index contributed by atoms with van der Waals surface area (Å²) in [5, 5.41) is 10.4. The van der Waals surface area contributed by atoms with Crippen LogP contribution in [-0.4, -0.2) is 50.2 Å². The van der Waals surface area contributed by atoms with Crippen LogP contribution in [0.1, 0.15) is 59.3 Å². The Hall–Kier alpha value is -3.57. The molecule has 1 saturated carbocycles. The monoisotopic (exact) mass is 478 g/mol. The molecule has 9 nitrogen and oxygen atoms in total. The normalized spacial score (nSPS) is 18.6. The Balaban J connectivity index is 1.36. The molecule has 1 aliphatic carbocycles. The van der Waals surface area contributed by atoms with Crippen LogP contribution in [0.5, 0.6) is 0 Å². The number of ether oxygens (including phenoxy) is 1. The standard InChI is InChI=1S/C22H25F3N6O3/c1-3-31-16(21(33)34-2)11-15(29-31)20(32)27-14-9-7-13(8-10-14)26-18-5-4-6-19-28-17(12-30(18)19)22(23,24)25/h4-6,11-14,26H,3,7-10H2,1-2H3,(H,27,32)/t13-,14+. The third kappa shape index (κ3) is 4.85. The van der Waals surface area contributed by atoms with E-state index in [-0.39, 0.29) is 35.0 Å². The topological polar surface area (TPSA) is 103 Å². The first-order chi connectivity index (χ1) is 16.2. The van der Waals surface area contributed by atoms with Gasteiger partial charge in [0.2, 0.25) is 0 Å². The number of amides is 1. The number of aryl methyl sites for hydroxylation is 1. The lowest BCUT2D eigenvalue weighted by molar-refractivity contribution is -0.140. The number of imidazole rings is 1. The molecule has 0 aromatic carbocycles. The molecule has 3 aromatic rings. The second-order valence-corrected chi connectivity index (χ2v) is 8.15. The molecule has 1 amide bonds. The fourth-order valence-electron chi connectivity index (χ4n) is 4.15. The number of fused-ring (bicyclic) bond motifs is 1. The lowest BCUT2D eigenvalue weighted by atomic mass is 9.91. The zero-order valence-corrected chi connectivity index (χ0v) is 18.7. The van der Waals surface area contributed by atoms with Gasteiger partial charge in [-0.15, -0.1) is 0 Å². The summed E-state index contributed by atoms with van der Waals surface area (Å²) in [6, 6.07) is 6.29. The van der Waals surface area contributed by atoms with Crippen molar-refractivity contribution in [1.82, 2.24) is 24.5 Å². The zero-order chi connectivity index (χ0) is 24.5. The van der Waals surface area contributed by atoms with Crippen molar-refractivity contribution in [1.29, 1.82) is 0 Å². The van der Waals surface area contributed by atoms with Crippen LogP contribution >= 0.6 is 0 Å². The van der Waals surface area contributed by atoms with Gasteiger partial charge >= 0.3 is 12.1 Å². The van der Waals surface area contributed by atoms with E-state index in [1.165, 1.54) is 28.3 Å². The number of hydrogen-bond acceptors (Lipinski definition) is 6. The Bertz CT molecular complexity index is 1190. The van der Waals surface area contributed by atoms with E-state index in [1.54, 1.807) is 12.1 Å². The number of esters is 1. The van der Waals surface area contributed by atoms with E-state index in [2.05, 4.69) is 20.7 Å². The number of nitrogens with one attached hydrogen (secondary N) is 2. The minimum Gasteiger partial charge on any atom is -0.464 e. The summed E-state index contributed by atoms with van der Waals surface area (Å²) >= 11 is 0. The number of aromatic nitrogens is 4. The van der Waals surface area contributed by atoms with Gasteiger partial charge in [0.05, 0.1) is 7.11 Å². The first-order valence-corrected chi connectivity index (χ1v) is 11.0. The average molecular weight is 478 g/mol. The van der Waals surface area contributed by atoms with Crippen LogP contribution in [0.3, 0.4) is 0 Å². The Morgan fingerprint density at radius 2 is 1.88 bits per heavy atom. The van der Waals surface area contributed by atoms with Crippen molar-refractivity contribution in [2.75, 3.05) is 12.4 Å². The van der Waals surface area contributed by atoms with E-state index in [0.717, 1.165) is 19.0 Å². The number of anilines is 1. The van der Waals surface area contributed by atoms with Crippen molar-refractivity contribution in [3.05, 3.63) is 47.5 Å². The van der Waals surface area contributed by atoms with Gasteiger partial charge in [0.25, 0.3) is 5.91 Å². The smallest absolute Gasteiger partial charge is 0.434 e. The Kier molecular flexibility index (Phi) is 6.49. The number of carbonyl (C=O) groups is 2. The molecular weight excluding hydrogens is 453 g/mol. The number of carbonyl (C=O) groups excluding carboxylic acids is 2. The minimum atomic E-state index is -4.51. The predicted molar refractivity (Wildman–Crippen MR) is 117 cm³/mol. The summed E-state index contributed by atoms with van der Waals surface area (Å²) in [5.41, 5.74) is -0.356. The Labute approximate surface area is 193 Å². The van der Waals surface area contributed by atoms with Crippen LogP contribution in [0.4, 0.5) is 19.0 Å². The molecule has 34 heavy (non-hydrogen) atoms. The predicted octanol–water partition coefficient (Wildman–Crippen LogP) is 3.51. The highest BCUT2D eigenvalue weighted by molar-refractivity contribution is 5.96. The zero-order valence-electron chi connectivity index (χ0n) is 18.7. The highest BCUT2D eigenvalue weighted by Crippen LogP contribution is 2.30. The molecule has 0 bridgehead atoms. The maximum Gasteiger partial charge on any atom is 0.434 e. The highest BCUT2D eigenvalue weighted by Gasteiger charge is 2.34. The van der Waals surface area contributed by atoms with Crippen molar-refractivity contribution in [2.24, 2.45) is 0 Å². The summed E-state index contributed by atoms with van der Waals surface area (Å²) in [5.74, 6) is -0.389. The number of alkyl halides is 3. The van der Waals surface area contributed by atoms with Crippen molar-refractivity contribution in [3.63, 3.8) is 0 Å². The Morgan fingerprint density at radius 3 is 2.53 bits per heavy atom. The summed E-state index contributed by atoms with van der Waals surface area (Å²) in [6.45, 7) is 2.23. The first-order valence-electron chi connectivity index (χ1n) is 11.0. The highest BCUT2D eigenvalue weighted by atomic mass is 19.4. The van der Waals surface area contributed by atoms with E-state index in [9.17, 15) is 22.8 Å². The summed E-state index contributed by atoms with van der Waals surface area (Å²) < 4.78 is 46.6. The van der Waals surface area contributed by atoms with Gasteiger partial charge in [-0.1, -0.05) is 6.07 Å². The first kappa shape index (κ1) is 23.6. The Morgan fingerprint density at radius 1 is 1.18 bits per heavy atom. The number of hydrogen-bond donors (Lipinski definition) is 2. The van der Waals surface area contributed by atoms with Gasteiger partial charge < -0.3 is 15.4 Å². The maximum absolute atomic E-state index is 13.0. The number of nitrogens with zero attached hydrogens (tertiary/aromatic N) is 4.